The molecule has 0 radical (unpaired) electrons. The molecule has 2 atom stereocenters. The van der Waals surface area contributed by atoms with Crippen molar-refractivity contribution in [3.05, 3.63) is 0 Å². The molecule has 0 aromatic carbocycles. The highest BCUT2D eigenvalue weighted by Crippen LogP contribution is 2.00. The lowest BCUT2D eigenvalue weighted by Crippen LogP contribution is -2.32. The normalized spacial score (nSPS) is 16.8. The summed E-state index contributed by atoms with van der Waals surface area (Å²) in [7, 11) is 1.49. The van der Waals surface area contributed by atoms with E-state index in [9.17, 15) is 8.76 Å². The highest BCUT2D eigenvalue weighted by Gasteiger charge is 2.07. The average Bonchev–Trinajstić information content (AvgIpc) is 1.98. The van der Waals surface area contributed by atoms with Crippen molar-refractivity contribution in [1.29, 1.82) is 0 Å². The summed E-state index contributed by atoms with van der Waals surface area (Å²) in [6.45, 7) is 2.16. The summed E-state index contributed by atoms with van der Waals surface area (Å²) in [5.41, 5.74) is 1.96. The molecule has 0 rings (SSSR count). The van der Waals surface area contributed by atoms with E-state index in [0.717, 1.165) is 0 Å². The van der Waals surface area contributed by atoms with Gasteiger partial charge in [-0.05, 0) is 20.4 Å². The maximum absolute atomic E-state index is 10.3. The summed E-state index contributed by atoms with van der Waals surface area (Å²) in [5, 5.41) is 8.21. The van der Waals surface area contributed by atoms with E-state index < -0.39 is 11.3 Å². The molecule has 0 bridgehead atoms. The Morgan fingerprint density at radius 3 is 2.73 bits per heavy atom. The van der Waals surface area contributed by atoms with Gasteiger partial charge in [-0.3, -0.25) is 4.21 Å². The highest BCUT2D eigenvalue weighted by atomic mass is 32.2. The minimum Gasteiger partial charge on any atom is -0.760 e. The molecule has 0 saturated heterocycles. The largest absolute Gasteiger partial charge is 0.760 e. The van der Waals surface area contributed by atoms with Crippen molar-refractivity contribution in [3.8, 4) is 0 Å². The van der Waals surface area contributed by atoms with Crippen LogP contribution in [0.4, 0.5) is 0 Å². The molecule has 6 heteroatoms. The molecule has 0 spiro atoms. The summed E-state index contributed by atoms with van der Waals surface area (Å²) >= 11 is -2.17. The topological polar surface area (TPSA) is 75.6 Å². The van der Waals surface area contributed by atoms with Gasteiger partial charge < -0.3 is 9.76 Å². The van der Waals surface area contributed by atoms with Gasteiger partial charge in [-0.1, -0.05) is 0 Å². The summed E-state index contributed by atoms with van der Waals surface area (Å²) in [6, 6.07) is -0.0898. The molecule has 5 nitrogen and oxygen atoms in total. The van der Waals surface area contributed by atoms with Gasteiger partial charge in [-0.15, -0.1) is 0 Å². The van der Waals surface area contributed by atoms with Gasteiger partial charge in [0.25, 0.3) is 0 Å². The minimum absolute atomic E-state index is 0.0898. The third-order valence-electron chi connectivity index (χ3n) is 1.53. The zero-order valence-electron chi connectivity index (χ0n) is 6.61. The van der Waals surface area contributed by atoms with Crippen molar-refractivity contribution >= 4 is 11.3 Å². The van der Waals surface area contributed by atoms with Crippen LogP contribution in [0, 0.1) is 0 Å². The Kier molecular flexibility index (Phi) is 5.61. The second-order valence-electron chi connectivity index (χ2n) is 2.31. The van der Waals surface area contributed by atoms with E-state index in [0.29, 0.717) is 13.0 Å². The predicted octanol–water partition coefficient (Wildman–Crippen LogP) is -0.530. The summed E-state index contributed by atoms with van der Waals surface area (Å²) in [5.74, 6) is 0. The molecule has 0 aliphatic rings. The Morgan fingerprint density at radius 1 is 1.82 bits per heavy atom. The van der Waals surface area contributed by atoms with E-state index in [1.807, 2.05) is 5.48 Å². The maximum atomic E-state index is 10.3. The summed E-state index contributed by atoms with van der Waals surface area (Å²) in [4.78, 5) is 0. The fourth-order valence-corrected chi connectivity index (χ4v) is 1.00. The van der Waals surface area contributed by atoms with Gasteiger partial charge in [0.15, 0.2) is 0 Å². The lowest BCUT2D eigenvalue weighted by atomic mass is 10.2. The Bertz CT molecular complexity index is 133. The molecule has 11 heavy (non-hydrogen) atoms. The first-order valence-electron chi connectivity index (χ1n) is 3.28. The van der Waals surface area contributed by atoms with Crippen LogP contribution >= 0.6 is 0 Å². The maximum Gasteiger partial charge on any atom is 0.0222 e. The van der Waals surface area contributed by atoms with Crippen LogP contribution in [0.2, 0.25) is 0 Å². The zero-order chi connectivity index (χ0) is 8.85. The molecule has 0 saturated carbocycles. The molecule has 68 valence electrons. The van der Waals surface area contributed by atoms with Gasteiger partial charge in [0.2, 0.25) is 0 Å². The van der Waals surface area contributed by atoms with E-state index in [2.05, 4.69) is 0 Å². The van der Waals surface area contributed by atoms with Crippen LogP contribution in [-0.4, -0.2) is 37.9 Å². The molecule has 2 unspecified atom stereocenters. The van der Waals surface area contributed by atoms with Crippen molar-refractivity contribution in [2.45, 2.75) is 19.4 Å². The van der Waals surface area contributed by atoms with Crippen LogP contribution in [0.3, 0.4) is 0 Å². The minimum atomic E-state index is -2.17. The summed E-state index contributed by atoms with van der Waals surface area (Å²) in [6.07, 6.45) is 0.584. The van der Waals surface area contributed by atoms with Crippen molar-refractivity contribution in [3.63, 3.8) is 0 Å². The molecule has 0 amide bonds. The SMILES string of the molecule is CC(CCNO)N(C)S(=O)[O-]. The fourth-order valence-electron chi connectivity index (χ4n) is 0.602. The molecule has 0 aliphatic heterocycles. The average molecular weight is 181 g/mol. The summed E-state index contributed by atoms with van der Waals surface area (Å²) < 4.78 is 21.9. The molecular weight excluding hydrogens is 168 g/mol. The predicted molar refractivity (Wildman–Crippen MR) is 40.6 cm³/mol. The van der Waals surface area contributed by atoms with Gasteiger partial charge in [0.1, 0.15) is 0 Å². The standard InChI is InChI=1S/C5H14N2O3S/c1-5(3-4-6-8)7(2)11(9)10/h5-6,8H,3-4H2,1-2H3,(H,9,10)/p-1. The van der Waals surface area contributed by atoms with E-state index in [4.69, 9.17) is 5.21 Å². The van der Waals surface area contributed by atoms with Crippen LogP contribution < -0.4 is 5.48 Å². The molecule has 2 N–H and O–H groups in total. The second kappa shape index (κ2) is 5.62. The van der Waals surface area contributed by atoms with Gasteiger partial charge in [-0.25, -0.2) is 9.79 Å². The van der Waals surface area contributed by atoms with Gasteiger partial charge in [0.05, 0.1) is 0 Å². The fraction of sp³-hybridized carbons (Fsp3) is 1.00. The Hall–Kier alpha value is -0.0100. The van der Waals surface area contributed by atoms with Crippen LogP contribution in [0.15, 0.2) is 0 Å². The zero-order valence-corrected chi connectivity index (χ0v) is 7.43. The monoisotopic (exact) mass is 181 g/mol. The van der Waals surface area contributed by atoms with E-state index >= 15 is 0 Å². The van der Waals surface area contributed by atoms with Crippen molar-refractivity contribution in [2.24, 2.45) is 0 Å². The second-order valence-corrected chi connectivity index (χ2v) is 3.32. The number of hydrogen-bond donors (Lipinski definition) is 2. The number of rotatable bonds is 5. The Morgan fingerprint density at radius 2 is 2.36 bits per heavy atom. The first-order valence-corrected chi connectivity index (χ1v) is 4.32. The van der Waals surface area contributed by atoms with E-state index in [1.165, 1.54) is 11.4 Å². The van der Waals surface area contributed by atoms with Crippen LogP contribution in [0.25, 0.3) is 0 Å². The van der Waals surface area contributed by atoms with Crippen molar-refractivity contribution in [2.75, 3.05) is 13.6 Å². The molecule has 0 aromatic rings. The Balaban J connectivity index is 3.63. The lowest BCUT2D eigenvalue weighted by Gasteiger charge is -2.25. The molecule has 0 aliphatic carbocycles. The molecule has 0 aromatic heterocycles. The van der Waals surface area contributed by atoms with E-state index in [-0.39, 0.29) is 6.04 Å². The molecule has 0 heterocycles. The quantitative estimate of drug-likeness (QED) is 0.441. The van der Waals surface area contributed by atoms with Gasteiger partial charge in [0, 0.05) is 23.9 Å². The third kappa shape index (κ3) is 4.44. The Labute approximate surface area is 68.8 Å². The van der Waals surface area contributed by atoms with Crippen LogP contribution in [0.1, 0.15) is 13.3 Å². The lowest BCUT2D eigenvalue weighted by molar-refractivity contribution is 0.158. The van der Waals surface area contributed by atoms with Crippen LogP contribution in [0.5, 0.6) is 0 Å². The smallest absolute Gasteiger partial charge is 0.0222 e. The van der Waals surface area contributed by atoms with Gasteiger partial charge >= 0.3 is 0 Å². The van der Waals surface area contributed by atoms with E-state index in [1.54, 1.807) is 6.92 Å². The number of hydrogen-bond acceptors (Lipinski definition) is 4. The van der Waals surface area contributed by atoms with Crippen molar-refractivity contribution < 1.29 is 14.0 Å². The van der Waals surface area contributed by atoms with Gasteiger partial charge in [-0.2, -0.15) is 0 Å². The first-order chi connectivity index (χ1) is 5.09. The van der Waals surface area contributed by atoms with Crippen molar-refractivity contribution in [1.82, 2.24) is 9.79 Å². The highest BCUT2D eigenvalue weighted by molar-refractivity contribution is 7.76. The number of nitrogens with one attached hydrogen (secondary N) is 1. The number of hydroxylamine groups is 1. The molecular formula is C5H13N2O3S-. The number of nitrogens with zero attached hydrogens (tertiary/aromatic N) is 1. The van der Waals surface area contributed by atoms with Crippen LogP contribution in [-0.2, 0) is 11.3 Å². The third-order valence-corrected chi connectivity index (χ3v) is 2.36. The first kappa shape index (κ1) is 11.0. The molecule has 0 fully saturated rings.